The van der Waals surface area contributed by atoms with E-state index in [9.17, 15) is 5.11 Å². The second kappa shape index (κ2) is 6.02. The molecule has 0 aliphatic rings. The Balaban J connectivity index is 2.58. The molecule has 1 aromatic rings. The first-order chi connectivity index (χ1) is 7.52. The highest BCUT2D eigenvalue weighted by Gasteiger charge is 2.18. The fourth-order valence-electron chi connectivity index (χ4n) is 1.74. The van der Waals surface area contributed by atoms with Gasteiger partial charge in [-0.2, -0.15) is 0 Å². The lowest BCUT2D eigenvalue weighted by atomic mass is 9.97. The minimum absolute atomic E-state index is 0.245. The average Bonchev–Trinajstić information content (AvgIpc) is 2.28. The molecule has 0 aliphatic carbocycles. The van der Waals surface area contributed by atoms with E-state index in [-0.39, 0.29) is 12.0 Å². The standard InChI is InChI=1S/C14H23NO/c1-11(2)15(4)10-12(3)14(16)13-8-6-5-7-9-13/h5-9,11-12,14,16H,10H2,1-4H3. The maximum absolute atomic E-state index is 10.2. The molecular weight excluding hydrogens is 198 g/mol. The Morgan fingerprint density at radius 3 is 2.19 bits per heavy atom. The van der Waals surface area contributed by atoms with Gasteiger partial charge < -0.3 is 10.0 Å². The Morgan fingerprint density at radius 1 is 1.12 bits per heavy atom. The molecule has 2 nitrogen and oxygen atoms in total. The van der Waals surface area contributed by atoms with Crippen LogP contribution in [-0.2, 0) is 0 Å². The Bertz CT molecular complexity index is 297. The summed E-state index contributed by atoms with van der Waals surface area (Å²) in [6.07, 6.45) is -0.373. The fraction of sp³-hybridized carbons (Fsp3) is 0.571. The molecule has 0 spiro atoms. The SMILES string of the molecule is CC(CN(C)C(C)C)C(O)c1ccccc1. The Hall–Kier alpha value is -0.860. The van der Waals surface area contributed by atoms with Crippen LogP contribution in [0.1, 0.15) is 32.4 Å². The molecule has 2 unspecified atom stereocenters. The zero-order valence-electron chi connectivity index (χ0n) is 10.7. The van der Waals surface area contributed by atoms with Crippen molar-refractivity contribution < 1.29 is 5.11 Å². The summed E-state index contributed by atoms with van der Waals surface area (Å²) in [5.74, 6) is 0.245. The smallest absolute Gasteiger partial charge is 0.0827 e. The van der Waals surface area contributed by atoms with Gasteiger partial charge in [0, 0.05) is 12.6 Å². The third-order valence-electron chi connectivity index (χ3n) is 3.14. The quantitative estimate of drug-likeness (QED) is 0.826. The van der Waals surface area contributed by atoms with Crippen molar-refractivity contribution in [3.05, 3.63) is 35.9 Å². The highest BCUT2D eigenvalue weighted by atomic mass is 16.3. The normalized spacial score (nSPS) is 15.4. The summed E-state index contributed by atoms with van der Waals surface area (Å²) in [5.41, 5.74) is 1.01. The lowest BCUT2D eigenvalue weighted by Gasteiger charge is -2.27. The van der Waals surface area contributed by atoms with Gasteiger partial charge in [0.05, 0.1) is 6.10 Å². The summed E-state index contributed by atoms with van der Waals surface area (Å²) >= 11 is 0. The van der Waals surface area contributed by atoms with E-state index >= 15 is 0 Å². The molecule has 2 heteroatoms. The van der Waals surface area contributed by atoms with E-state index < -0.39 is 0 Å². The number of benzene rings is 1. The van der Waals surface area contributed by atoms with Gasteiger partial charge in [-0.15, -0.1) is 0 Å². The van der Waals surface area contributed by atoms with Gasteiger partial charge in [-0.1, -0.05) is 37.3 Å². The number of nitrogens with zero attached hydrogens (tertiary/aromatic N) is 1. The molecular formula is C14H23NO. The molecule has 0 aliphatic heterocycles. The molecule has 0 saturated carbocycles. The minimum Gasteiger partial charge on any atom is -0.388 e. The Kier molecular flexibility index (Phi) is 4.97. The van der Waals surface area contributed by atoms with Gasteiger partial charge >= 0.3 is 0 Å². The van der Waals surface area contributed by atoms with Crippen molar-refractivity contribution in [2.75, 3.05) is 13.6 Å². The van der Waals surface area contributed by atoms with Crippen LogP contribution in [0.4, 0.5) is 0 Å². The van der Waals surface area contributed by atoms with Gasteiger partial charge in [0.25, 0.3) is 0 Å². The number of hydrogen-bond donors (Lipinski definition) is 1. The van der Waals surface area contributed by atoms with Crippen LogP contribution in [0.3, 0.4) is 0 Å². The lowest BCUT2D eigenvalue weighted by molar-refractivity contribution is 0.0878. The van der Waals surface area contributed by atoms with Gasteiger partial charge in [0.15, 0.2) is 0 Å². The van der Waals surface area contributed by atoms with Crippen LogP contribution in [0.25, 0.3) is 0 Å². The van der Waals surface area contributed by atoms with E-state index in [4.69, 9.17) is 0 Å². The molecule has 90 valence electrons. The molecule has 0 fully saturated rings. The molecule has 2 atom stereocenters. The monoisotopic (exact) mass is 221 g/mol. The number of rotatable bonds is 5. The van der Waals surface area contributed by atoms with Gasteiger partial charge in [0.2, 0.25) is 0 Å². The van der Waals surface area contributed by atoms with Crippen molar-refractivity contribution in [2.45, 2.75) is 32.9 Å². The average molecular weight is 221 g/mol. The molecule has 0 heterocycles. The van der Waals surface area contributed by atoms with Gasteiger partial charge in [-0.3, -0.25) is 0 Å². The second-order valence-electron chi connectivity index (χ2n) is 4.87. The van der Waals surface area contributed by atoms with E-state index in [1.807, 2.05) is 30.3 Å². The van der Waals surface area contributed by atoms with Crippen LogP contribution >= 0.6 is 0 Å². The van der Waals surface area contributed by atoms with Crippen LogP contribution in [-0.4, -0.2) is 29.6 Å². The summed E-state index contributed by atoms with van der Waals surface area (Å²) in [6.45, 7) is 7.34. The summed E-state index contributed by atoms with van der Waals surface area (Å²) in [5, 5.41) is 10.2. The Morgan fingerprint density at radius 2 is 1.69 bits per heavy atom. The molecule has 0 amide bonds. The third-order valence-corrected chi connectivity index (χ3v) is 3.14. The van der Waals surface area contributed by atoms with Crippen molar-refractivity contribution in [1.82, 2.24) is 4.90 Å². The topological polar surface area (TPSA) is 23.5 Å². The third kappa shape index (κ3) is 3.62. The maximum atomic E-state index is 10.2. The zero-order valence-corrected chi connectivity index (χ0v) is 10.7. The molecule has 0 bridgehead atoms. The fourth-order valence-corrected chi connectivity index (χ4v) is 1.74. The first kappa shape index (κ1) is 13.2. The second-order valence-corrected chi connectivity index (χ2v) is 4.87. The van der Waals surface area contributed by atoms with Gasteiger partial charge in [0.1, 0.15) is 0 Å². The zero-order chi connectivity index (χ0) is 12.1. The van der Waals surface area contributed by atoms with Crippen molar-refractivity contribution in [2.24, 2.45) is 5.92 Å². The maximum Gasteiger partial charge on any atom is 0.0827 e. The van der Waals surface area contributed by atoms with E-state index in [2.05, 4.69) is 32.7 Å². The molecule has 1 rings (SSSR count). The first-order valence-corrected chi connectivity index (χ1v) is 5.95. The van der Waals surface area contributed by atoms with Gasteiger partial charge in [-0.05, 0) is 32.4 Å². The van der Waals surface area contributed by atoms with E-state index in [1.54, 1.807) is 0 Å². The lowest BCUT2D eigenvalue weighted by Crippen LogP contribution is -2.32. The predicted octanol–water partition coefficient (Wildman–Crippen LogP) is 2.70. The van der Waals surface area contributed by atoms with Crippen molar-refractivity contribution in [3.8, 4) is 0 Å². The van der Waals surface area contributed by atoms with Crippen LogP contribution in [0.2, 0.25) is 0 Å². The summed E-state index contributed by atoms with van der Waals surface area (Å²) in [6, 6.07) is 10.4. The van der Waals surface area contributed by atoms with Crippen LogP contribution in [0, 0.1) is 5.92 Å². The summed E-state index contributed by atoms with van der Waals surface area (Å²) < 4.78 is 0. The number of aliphatic hydroxyl groups excluding tert-OH is 1. The van der Waals surface area contributed by atoms with Crippen molar-refractivity contribution in [3.63, 3.8) is 0 Å². The van der Waals surface area contributed by atoms with Crippen LogP contribution in [0.15, 0.2) is 30.3 Å². The molecule has 0 aromatic heterocycles. The molecule has 1 aromatic carbocycles. The van der Waals surface area contributed by atoms with Crippen molar-refractivity contribution in [1.29, 1.82) is 0 Å². The highest BCUT2D eigenvalue weighted by Crippen LogP contribution is 2.22. The Labute approximate surface area is 98.9 Å². The highest BCUT2D eigenvalue weighted by molar-refractivity contribution is 5.17. The minimum atomic E-state index is -0.373. The van der Waals surface area contributed by atoms with Crippen LogP contribution < -0.4 is 0 Å². The van der Waals surface area contributed by atoms with Crippen LogP contribution in [0.5, 0.6) is 0 Å². The summed E-state index contributed by atoms with van der Waals surface area (Å²) in [7, 11) is 2.10. The molecule has 1 N–H and O–H groups in total. The van der Waals surface area contributed by atoms with E-state index in [0.717, 1.165) is 12.1 Å². The van der Waals surface area contributed by atoms with Crippen molar-refractivity contribution >= 4 is 0 Å². The molecule has 0 saturated heterocycles. The number of hydrogen-bond acceptors (Lipinski definition) is 2. The van der Waals surface area contributed by atoms with E-state index in [1.165, 1.54) is 0 Å². The largest absolute Gasteiger partial charge is 0.388 e. The molecule has 16 heavy (non-hydrogen) atoms. The molecule has 0 radical (unpaired) electrons. The first-order valence-electron chi connectivity index (χ1n) is 5.95. The summed E-state index contributed by atoms with van der Waals surface area (Å²) in [4.78, 5) is 2.26. The predicted molar refractivity (Wildman–Crippen MR) is 68.3 cm³/mol. The van der Waals surface area contributed by atoms with E-state index in [0.29, 0.717) is 6.04 Å². The number of aliphatic hydroxyl groups is 1. The van der Waals surface area contributed by atoms with Gasteiger partial charge in [-0.25, -0.2) is 0 Å².